The van der Waals surface area contributed by atoms with Crippen LogP contribution >= 0.6 is 0 Å². The van der Waals surface area contributed by atoms with Crippen LogP contribution in [0.15, 0.2) is 18.2 Å². The van der Waals surface area contributed by atoms with Gasteiger partial charge in [-0.2, -0.15) is 4.39 Å². The first-order valence-corrected chi connectivity index (χ1v) is 7.26. The normalized spacial score (nSPS) is 26.8. The van der Waals surface area contributed by atoms with E-state index >= 15 is 0 Å². The van der Waals surface area contributed by atoms with Gasteiger partial charge < -0.3 is 5.32 Å². The summed E-state index contributed by atoms with van der Waals surface area (Å²) in [4.78, 5) is 21.9. The van der Waals surface area contributed by atoms with Crippen LogP contribution in [0, 0.1) is 33.7 Å². The molecule has 0 aliphatic heterocycles. The highest BCUT2D eigenvalue weighted by Gasteiger charge is 2.40. The smallest absolute Gasteiger partial charge is 0.306 e. The Hall–Kier alpha value is -1.98. The van der Waals surface area contributed by atoms with E-state index in [9.17, 15) is 19.3 Å². The van der Waals surface area contributed by atoms with Gasteiger partial charge in [0.25, 0.3) is 0 Å². The van der Waals surface area contributed by atoms with Gasteiger partial charge in [-0.3, -0.25) is 14.9 Å². The van der Waals surface area contributed by atoms with Gasteiger partial charge >= 0.3 is 5.69 Å². The number of hydrogen-bond donors (Lipinski definition) is 1. The molecular formula is C15H17FN2O3. The Kier molecular flexibility index (Phi) is 3.61. The van der Waals surface area contributed by atoms with Crippen molar-refractivity contribution in [2.24, 2.45) is 17.8 Å². The topological polar surface area (TPSA) is 72.2 Å². The Morgan fingerprint density at radius 1 is 1.38 bits per heavy atom. The minimum Gasteiger partial charge on any atom is -0.326 e. The molecule has 2 saturated carbocycles. The second-order valence-corrected chi connectivity index (χ2v) is 6.11. The molecule has 0 spiro atoms. The predicted octanol–water partition coefficient (Wildman–Crippen LogP) is 3.50. The monoisotopic (exact) mass is 292 g/mol. The molecule has 5 nitrogen and oxygen atoms in total. The molecule has 2 aliphatic rings. The van der Waals surface area contributed by atoms with Crippen molar-refractivity contribution in [2.45, 2.75) is 32.1 Å². The average molecular weight is 292 g/mol. The lowest BCUT2D eigenvalue weighted by Gasteiger charge is -2.20. The van der Waals surface area contributed by atoms with Crippen LogP contribution in [-0.2, 0) is 4.79 Å². The minimum absolute atomic E-state index is 0.145. The number of carbonyl (C=O) groups excluding carboxylic acids is 1. The Bertz CT molecular complexity index is 590. The maximum Gasteiger partial charge on any atom is 0.306 e. The molecule has 1 amide bonds. The maximum atomic E-state index is 13.2. The molecule has 3 atom stereocenters. The fourth-order valence-corrected chi connectivity index (χ4v) is 3.81. The van der Waals surface area contributed by atoms with Gasteiger partial charge in [0.15, 0.2) is 0 Å². The average Bonchev–Trinajstić information content (AvgIpc) is 3.03. The summed E-state index contributed by atoms with van der Waals surface area (Å²) in [7, 11) is 0. The fourth-order valence-electron chi connectivity index (χ4n) is 3.81. The maximum absolute atomic E-state index is 13.2. The number of nitro groups is 1. The molecule has 0 radical (unpaired) electrons. The summed E-state index contributed by atoms with van der Waals surface area (Å²) in [5.41, 5.74) is -0.344. The third-order valence-electron chi connectivity index (χ3n) is 4.76. The van der Waals surface area contributed by atoms with Crippen molar-refractivity contribution in [1.82, 2.24) is 0 Å². The van der Waals surface area contributed by atoms with E-state index in [1.54, 1.807) is 0 Å². The second kappa shape index (κ2) is 5.42. The zero-order chi connectivity index (χ0) is 15.0. The van der Waals surface area contributed by atoms with Gasteiger partial charge in [-0.15, -0.1) is 0 Å². The molecule has 0 aromatic heterocycles. The molecular weight excluding hydrogens is 275 g/mol. The zero-order valence-corrected chi connectivity index (χ0v) is 11.5. The number of rotatable bonds is 4. The Balaban J connectivity index is 1.62. The van der Waals surface area contributed by atoms with E-state index in [4.69, 9.17) is 0 Å². The highest BCUT2D eigenvalue weighted by Crippen LogP contribution is 2.49. The van der Waals surface area contributed by atoms with E-state index in [-0.39, 0.29) is 11.6 Å². The predicted molar refractivity (Wildman–Crippen MR) is 75.2 cm³/mol. The van der Waals surface area contributed by atoms with Crippen molar-refractivity contribution in [1.29, 1.82) is 0 Å². The zero-order valence-electron chi connectivity index (χ0n) is 11.5. The number of benzene rings is 1. The molecule has 3 rings (SSSR count). The summed E-state index contributed by atoms with van der Waals surface area (Å²) in [6.07, 6.45) is 5.30. The molecule has 2 fully saturated rings. The molecule has 2 aliphatic carbocycles. The number of hydrogen-bond acceptors (Lipinski definition) is 3. The molecule has 1 aromatic carbocycles. The van der Waals surface area contributed by atoms with Crippen LogP contribution in [0.4, 0.5) is 15.8 Å². The van der Waals surface area contributed by atoms with Crippen molar-refractivity contribution < 1.29 is 14.1 Å². The van der Waals surface area contributed by atoms with Crippen molar-refractivity contribution in [3.63, 3.8) is 0 Å². The van der Waals surface area contributed by atoms with Crippen LogP contribution in [0.2, 0.25) is 0 Å². The van der Waals surface area contributed by atoms with Gasteiger partial charge in [0.2, 0.25) is 11.7 Å². The second-order valence-electron chi connectivity index (χ2n) is 6.11. The van der Waals surface area contributed by atoms with E-state index in [2.05, 4.69) is 5.32 Å². The van der Waals surface area contributed by atoms with Gasteiger partial charge in [0.1, 0.15) is 0 Å². The molecule has 112 valence electrons. The van der Waals surface area contributed by atoms with Crippen LogP contribution in [0.3, 0.4) is 0 Å². The van der Waals surface area contributed by atoms with Crippen LogP contribution in [-0.4, -0.2) is 10.8 Å². The molecule has 0 heterocycles. The third-order valence-corrected chi connectivity index (χ3v) is 4.76. The SMILES string of the molecule is O=C(C[C@H]1C[C@@H]2CC[C@@H]1C2)Nc1ccc(F)c([N+](=O)[O-])c1. The quantitative estimate of drug-likeness (QED) is 0.682. The molecule has 6 heteroatoms. The number of nitrogens with zero attached hydrogens (tertiary/aromatic N) is 1. The minimum atomic E-state index is -0.897. The first-order chi connectivity index (χ1) is 10.0. The third kappa shape index (κ3) is 2.89. The summed E-state index contributed by atoms with van der Waals surface area (Å²) in [6, 6.07) is 3.42. The number of anilines is 1. The van der Waals surface area contributed by atoms with Crippen LogP contribution in [0.1, 0.15) is 32.1 Å². The molecule has 0 unspecified atom stereocenters. The van der Waals surface area contributed by atoms with Gasteiger partial charge in [-0.05, 0) is 49.1 Å². The van der Waals surface area contributed by atoms with Gasteiger partial charge in [-0.1, -0.05) is 6.42 Å². The number of halogens is 1. The van der Waals surface area contributed by atoms with Crippen molar-refractivity contribution in [3.05, 3.63) is 34.1 Å². The highest BCUT2D eigenvalue weighted by atomic mass is 19.1. The van der Waals surface area contributed by atoms with Crippen molar-refractivity contribution in [3.8, 4) is 0 Å². The van der Waals surface area contributed by atoms with E-state index < -0.39 is 16.4 Å². The number of nitrogens with one attached hydrogen (secondary N) is 1. The standard InChI is InChI=1S/C15H17FN2O3/c16-13-4-3-12(8-14(13)18(20)21)17-15(19)7-11-6-9-1-2-10(11)5-9/h3-4,8-11H,1-2,5-7H2,(H,17,19)/t9-,10-,11-/m1/s1. The van der Waals surface area contributed by atoms with Crippen LogP contribution < -0.4 is 5.32 Å². The number of amides is 1. The molecule has 2 bridgehead atoms. The highest BCUT2D eigenvalue weighted by molar-refractivity contribution is 5.91. The van der Waals surface area contributed by atoms with E-state index in [0.717, 1.165) is 24.5 Å². The molecule has 1 aromatic rings. The van der Waals surface area contributed by atoms with Gasteiger partial charge in [0, 0.05) is 18.2 Å². The molecule has 21 heavy (non-hydrogen) atoms. The first kappa shape index (κ1) is 14.0. The summed E-state index contributed by atoms with van der Waals surface area (Å²) < 4.78 is 13.2. The number of carbonyl (C=O) groups is 1. The molecule has 1 N–H and O–H groups in total. The summed E-state index contributed by atoms with van der Waals surface area (Å²) in [5.74, 6) is 0.821. The van der Waals surface area contributed by atoms with E-state index in [1.165, 1.54) is 25.3 Å². The van der Waals surface area contributed by atoms with E-state index in [1.807, 2.05) is 0 Å². The van der Waals surface area contributed by atoms with Crippen molar-refractivity contribution in [2.75, 3.05) is 5.32 Å². The Morgan fingerprint density at radius 2 is 2.19 bits per heavy atom. The summed E-state index contributed by atoms with van der Waals surface area (Å²) >= 11 is 0. The largest absolute Gasteiger partial charge is 0.326 e. The summed E-state index contributed by atoms with van der Waals surface area (Å²) in [5, 5.41) is 13.3. The van der Waals surface area contributed by atoms with Crippen LogP contribution in [0.5, 0.6) is 0 Å². The summed E-state index contributed by atoms with van der Waals surface area (Å²) in [6.45, 7) is 0. The van der Waals surface area contributed by atoms with Gasteiger partial charge in [-0.25, -0.2) is 0 Å². The number of fused-ring (bicyclic) bond motifs is 2. The van der Waals surface area contributed by atoms with Crippen molar-refractivity contribution >= 4 is 17.3 Å². The lowest BCUT2D eigenvalue weighted by Crippen LogP contribution is -2.20. The Morgan fingerprint density at radius 3 is 2.81 bits per heavy atom. The first-order valence-electron chi connectivity index (χ1n) is 7.26. The molecule has 0 saturated heterocycles. The van der Waals surface area contributed by atoms with Crippen LogP contribution in [0.25, 0.3) is 0 Å². The number of nitro benzene ring substituents is 1. The lowest BCUT2D eigenvalue weighted by atomic mass is 9.86. The van der Waals surface area contributed by atoms with Gasteiger partial charge in [0.05, 0.1) is 4.92 Å². The van der Waals surface area contributed by atoms with E-state index in [0.29, 0.717) is 18.3 Å². The Labute approximate surface area is 121 Å². The fraction of sp³-hybridized carbons (Fsp3) is 0.533. The lowest BCUT2D eigenvalue weighted by molar-refractivity contribution is -0.387.